The summed E-state index contributed by atoms with van der Waals surface area (Å²) in [6.45, 7) is 3.27. The first kappa shape index (κ1) is 20.2. The fourth-order valence-electron chi connectivity index (χ4n) is 2.69. The summed E-state index contributed by atoms with van der Waals surface area (Å²) in [7, 11) is 1.32. The fraction of sp³-hybridized carbons (Fsp3) is 0.278. The monoisotopic (exact) mass is 381 g/mol. The van der Waals surface area contributed by atoms with Crippen LogP contribution in [0.25, 0.3) is 0 Å². The number of hydrogen-bond donors (Lipinski definition) is 1. The van der Waals surface area contributed by atoms with Crippen LogP contribution in [0.3, 0.4) is 0 Å². The molecule has 0 atom stereocenters. The minimum atomic E-state index is -4.79. The Balaban J connectivity index is 2.26. The molecule has 0 aliphatic heterocycles. The lowest BCUT2D eigenvalue weighted by Crippen LogP contribution is -2.31. The highest BCUT2D eigenvalue weighted by Gasteiger charge is 2.36. The maximum Gasteiger partial charge on any atom is 0.418 e. The summed E-state index contributed by atoms with van der Waals surface area (Å²) < 4.78 is 39.9. The van der Waals surface area contributed by atoms with E-state index in [1.807, 2.05) is 32.0 Å². The Bertz CT molecular complexity index is 862. The summed E-state index contributed by atoms with van der Waals surface area (Å²) in [6.07, 6.45) is -4.79. The van der Waals surface area contributed by atoms with E-state index in [1.165, 1.54) is 7.05 Å². The standard InChI is InChI=1S/C18H18F3N3O3/c1-11-5-4-6-12(2)17(11)22-16(25)10-23(3)15-8-7-13(24(26)27)9-14(15)18(19,20)21/h4-9H,10H2,1-3H3,(H,22,25). The number of nitro groups is 1. The van der Waals surface area contributed by atoms with Gasteiger partial charge in [0.15, 0.2) is 0 Å². The number of amides is 1. The predicted molar refractivity (Wildman–Crippen MR) is 95.9 cm³/mol. The van der Waals surface area contributed by atoms with Gasteiger partial charge >= 0.3 is 6.18 Å². The molecule has 0 spiro atoms. The third-order valence-electron chi connectivity index (χ3n) is 4.03. The number of aryl methyl sites for hydroxylation is 2. The van der Waals surface area contributed by atoms with Gasteiger partial charge in [-0.05, 0) is 31.0 Å². The number of benzene rings is 2. The minimum Gasteiger partial charge on any atom is -0.365 e. The van der Waals surface area contributed by atoms with Crippen molar-refractivity contribution in [2.24, 2.45) is 0 Å². The Morgan fingerprint density at radius 2 is 1.78 bits per heavy atom. The second-order valence-electron chi connectivity index (χ2n) is 6.13. The Labute approximate surface area is 153 Å². The summed E-state index contributed by atoms with van der Waals surface area (Å²) in [6, 6.07) is 7.89. The molecular weight excluding hydrogens is 363 g/mol. The number of hydrogen-bond acceptors (Lipinski definition) is 4. The molecule has 2 aromatic rings. The highest BCUT2D eigenvalue weighted by atomic mass is 19.4. The lowest BCUT2D eigenvalue weighted by Gasteiger charge is -2.23. The van der Waals surface area contributed by atoms with Gasteiger partial charge in [-0.25, -0.2) is 0 Å². The molecule has 1 amide bonds. The Kier molecular flexibility index (Phi) is 5.72. The highest BCUT2D eigenvalue weighted by molar-refractivity contribution is 5.95. The van der Waals surface area contributed by atoms with E-state index < -0.39 is 28.3 Å². The Morgan fingerprint density at radius 3 is 2.30 bits per heavy atom. The number of nitrogens with zero attached hydrogens (tertiary/aromatic N) is 2. The fourth-order valence-corrected chi connectivity index (χ4v) is 2.69. The number of non-ortho nitro benzene ring substituents is 1. The summed E-state index contributed by atoms with van der Waals surface area (Å²) in [5, 5.41) is 13.5. The van der Waals surface area contributed by atoms with Crippen molar-refractivity contribution in [2.75, 3.05) is 23.8 Å². The SMILES string of the molecule is Cc1cccc(C)c1NC(=O)CN(C)c1ccc([N+](=O)[O-])cc1C(F)(F)F. The summed E-state index contributed by atoms with van der Waals surface area (Å²) in [5.74, 6) is -0.499. The summed E-state index contributed by atoms with van der Waals surface area (Å²) in [4.78, 5) is 23.3. The van der Waals surface area contributed by atoms with Crippen LogP contribution in [-0.4, -0.2) is 24.4 Å². The predicted octanol–water partition coefficient (Wildman–Crippen LogP) is 4.31. The normalized spacial score (nSPS) is 11.2. The van der Waals surface area contributed by atoms with Crippen LogP contribution in [0.1, 0.15) is 16.7 Å². The highest BCUT2D eigenvalue weighted by Crippen LogP contribution is 2.38. The van der Waals surface area contributed by atoms with E-state index in [2.05, 4.69) is 5.32 Å². The van der Waals surface area contributed by atoms with Gasteiger partial charge < -0.3 is 10.2 Å². The van der Waals surface area contributed by atoms with Gasteiger partial charge in [0, 0.05) is 30.6 Å². The zero-order chi connectivity index (χ0) is 20.4. The van der Waals surface area contributed by atoms with Crippen LogP contribution >= 0.6 is 0 Å². The minimum absolute atomic E-state index is 0.315. The van der Waals surface area contributed by atoms with Crippen molar-refractivity contribution in [3.63, 3.8) is 0 Å². The van der Waals surface area contributed by atoms with E-state index in [4.69, 9.17) is 0 Å². The number of rotatable bonds is 5. The van der Waals surface area contributed by atoms with Crippen molar-refractivity contribution >= 4 is 23.0 Å². The van der Waals surface area contributed by atoms with E-state index in [0.717, 1.165) is 28.2 Å². The van der Waals surface area contributed by atoms with Crippen LogP contribution in [0, 0.1) is 24.0 Å². The number of likely N-dealkylation sites (N-methyl/N-ethyl adjacent to an activating group) is 1. The molecule has 0 aromatic heterocycles. The van der Waals surface area contributed by atoms with Crippen molar-refractivity contribution in [1.29, 1.82) is 0 Å². The van der Waals surface area contributed by atoms with Crippen molar-refractivity contribution in [3.8, 4) is 0 Å². The summed E-state index contributed by atoms with van der Waals surface area (Å²) in [5.41, 5.74) is 0.119. The van der Waals surface area contributed by atoms with Gasteiger partial charge in [-0.2, -0.15) is 13.2 Å². The number of anilines is 2. The quantitative estimate of drug-likeness (QED) is 0.619. The number of para-hydroxylation sites is 1. The van der Waals surface area contributed by atoms with Crippen LogP contribution in [-0.2, 0) is 11.0 Å². The number of nitro benzene ring substituents is 1. The Hall–Kier alpha value is -3.10. The van der Waals surface area contributed by atoms with Crippen molar-refractivity contribution in [2.45, 2.75) is 20.0 Å². The molecule has 2 rings (SSSR count). The molecule has 0 saturated heterocycles. The first-order valence-electron chi connectivity index (χ1n) is 7.93. The molecule has 0 heterocycles. The topological polar surface area (TPSA) is 75.5 Å². The number of nitrogens with one attached hydrogen (secondary N) is 1. The average Bonchev–Trinajstić information content (AvgIpc) is 2.56. The maximum absolute atomic E-state index is 13.3. The summed E-state index contributed by atoms with van der Waals surface area (Å²) >= 11 is 0. The van der Waals surface area contributed by atoms with Crippen molar-refractivity contribution < 1.29 is 22.9 Å². The molecule has 6 nitrogen and oxygen atoms in total. The van der Waals surface area contributed by atoms with Gasteiger partial charge in [-0.1, -0.05) is 18.2 Å². The molecule has 0 aliphatic carbocycles. The molecule has 0 unspecified atom stereocenters. The second-order valence-corrected chi connectivity index (χ2v) is 6.13. The molecule has 0 bridgehead atoms. The maximum atomic E-state index is 13.3. The van der Waals surface area contributed by atoms with Crippen molar-refractivity contribution in [1.82, 2.24) is 0 Å². The first-order valence-corrected chi connectivity index (χ1v) is 7.93. The number of carbonyl (C=O) groups is 1. The molecule has 2 aromatic carbocycles. The molecule has 0 fully saturated rings. The molecule has 27 heavy (non-hydrogen) atoms. The van der Waals surface area contributed by atoms with Gasteiger partial charge in [0.1, 0.15) is 0 Å². The largest absolute Gasteiger partial charge is 0.418 e. The van der Waals surface area contributed by atoms with E-state index in [1.54, 1.807) is 0 Å². The second kappa shape index (κ2) is 7.65. The number of alkyl halides is 3. The van der Waals surface area contributed by atoms with Crippen LogP contribution in [0.2, 0.25) is 0 Å². The van der Waals surface area contributed by atoms with Gasteiger partial charge in [0.25, 0.3) is 5.69 Å². The van der Waals surface area contributed by atoms with Crippen LogP contribution in [0.5, 0.6) is 0 Å². The zero-order valence-corrected chi connectivity index (χ0v) is 14.9. The van der Waals surface area contributed by atoms with Gasteiger partial charge in [-0.15, -0.1) is 0 Å². The van der Waals surface area contributed by atoms with E-state index >= 15 is 0 Å². The molecule has 0 saturated carbocycles. The van der Waals surface area contributed by atoms with Crippen molar-refractivity contribution in [3.05, 3.63) is 63.2 Å². The van der Waals surface area contributed by atoms with E-state index in [-0.39, 0.29) is 12.2 Å². The van der Waals surface area contributed by atoms with E-state index in [9.17, 15) is 28.1 Å². The molecule has 0 aliphatic rings. The van der Waals surface area contributed by atoms with Crippen LogP contribution < -0.4 is 10.2 Å². The average molecular weight is 381 g/mol. The first-order chi connectivity index (χ1) is 12.5. The van der Waals surface area contributed by atoms with Gasteiger partial charge in [0.2, 0.25) is 5.91 Å². The molecule has 1 N–H and O–H groups in total. The van der Waals surface area contributed by atoms with Gasteiger partial charge in [0.05, 0.1) is 17.0 Å². The zero-order valence-electron chi connectivity index (χ0n) is 14.9. The van der Waals surface area contributed by atoms with Crippen LogP contribution in [0.15, 0.2) is 36.4 Å². The third-order valence-corrected chi connectivity index (χ3v) is 4.03. The molecule has 144 valence electrons. The smallest absolute Gasteiger partial charge is 0.365 e. The van der Waals surface area contributed by atoms with Crippen LogP contribution in [0.4, 0.5) is 30.2 Å². The lowest BCUT2D eigenvalue weighted by molar-refractivity contribution is -0.385. The van der Waals surface area contributed by atoms with Gasteiger partial charge in [-0.3, -0.25) is 14.9 Å². The molecular formula is C18H18F3N3O3. The Morgan fingerprint density at radius 1 is 1.19 bits per heavy atom. The number of carbonyl (C=O) groups excluding carboxylic acids is 1. The van der Waals surface area contributed by atoms with E-state index in [0.29, 0.717) is 11.8 Å². The molecule has 9 heteroatoms. The third kappa shape index (κ3) is 4.75. The lowest BCUT2D eigenvalue weighted by atomic mass is 10.1. The molecule has 0 radical (unpaired) electrons. The number of halogens is 3.